The van der Waals surface area contributed by atoms with E-state index in [1.54, 1.807) is 0 Å². The van der Waals surface area contributed by atoms with E-state index in [-0.39, 0.29) is 0 Å². The van der Waals surface area contributed by atoms with E-state index in [9.17, 15) is 0 Å². The molecule has 28 heavy (non-hydrogen) atoms. The number of anilines is 1. The van der Waals surface area contributed by atoms with Crippen molar-refractivity contribution in [2.45, 2.75) is 19.3 Å². The Balaban J connectivity index is 1.04. The molecule has 1 fully saturated rings. The van der Waals surface area contributed by atoms with Crippen LogP contribution in [0.2, 0.25) is 0 Å². The molecule has 4 aliphatic heterocycles. The summed E-state index contributed by atoms with van der Waals surface area (Å²) in [6, 6.07) is 6.61. The largest absolute Gasteiger partial charge is 0.491 e. The second-order valence-electron chi connectivity index (χ2n) is 7.99. The third-order valence-electron chi connectivity index (χ3n) is 6.23. The Morgan fingerprint density at radius 2 is 1.86 bits per heavy atom. The quantitative estimate of drug-likeness (QED) is 0.708. The number of allylic oxidation sites excluding steroid dienone is 3. The summed E-state index contributed by atoms with van der Waals surface area (Å²) in [6.45, 7) is 8.72. The molecule has 5 rings (SSSR count). The molecule has 5 heteroatoms. The Labute approximate surface area is 168 Å². The van der Waals surface area contributed by atoms with Crippen LogP contribution in [0, 0.1) is 0 Å². The average Bonchev–Trinajstić information content (AvgIpc) is 3.39. The number of hydrogen-bond donors (Lipinski definition) is 0. The number of fused-ring (bicyclic) bond motifs is 2. The van der Waals surface area contributed by atoms with Crippen molar-refractivity contribution in [1.29, 1.82) is 0 Å². The molecule has 4 aliphatic rings. The number of nitrogens with zero attached hydrogens (tertiary/aromatic N) is 4. The Morgan fingerprint density at radius 1 is 0.964 bits per heavy atom. The molecular weight excluding hydrogens is 348 g/mol. The smallest absolute Gasteiger partial charge is 0.145 e. The van der Waals surface area contributed by atoms with Crippen molar-refractivity contribution >= 4 is 5.69 Å². The number of unbranched alkanes of at least 4 members (excludes halogenated alkanes) is 1. The Morgan fingerprint density at radius 3 is 2.79 bits per heavy atom. The first-order valence-corrected chi connectivity index (χ1v) is 10.7. The van der Waals surface area contributed by atoms with Crippen LogP contribution in [-0.4, -0.2) is 67.3 Å². The first-order chi connectivity index (χ1) is 13.9. The fraction of sp³-hybridized carbons (Fsp3) is 0.478. The van der Waals surface area contributed by atoms with Gasteiger partial charge in [0.1, 0.15) is 5.75 Å². The molecule has 0 aliphatic carbocycles. The fourth-order valence-corrected chi connectivity index (χ4v) is 4.64. The van der Waals surface area contributed by atoms with Gasteiger partial charge in [0.2, 0.25) is 0 Å². The van der Waals surface area contributed by atoms with E-state index in [2.05, 4.69) is 68.5 Å². The summed E-state index contributed by atoms with van der Waals surface area (Å²) in [4.78, 5) is 5.13. The zero-order valence-electron chi connectivity index (χ0n) is 16.6. The summed E-state index contributed by atoms with van der Waals surface area (Å²) in [5.41, 5.74) is 3.99. The van der Waals surface area contributed by atoms with Crippen molar-refractivity contribution in [3.05, 3.63) is 60.0 Å². The lowest BCUT2D eigenvalue weighted by Crippen LogP contribution is -2.46. The summed E-state index contributed by atoms with van der Waals surface area (Å²) in [7, 11) is 0. The van der Waals surface area contributed by atoms with Gasteiger partial charge in [-0.15, -0.1) is 0 Å². The van der Waals surface area contributed by atoms with Gasteiger partial charge in [-0.05, 0) is 49.2 Å². The van der Waals surface area contributed by atoms with Crippen LogP contribution in [0.25, 0.3) is 0 Å². The molecule has 148 valence electrons. The molecule has 1 aromatic rings. The number of rotatable bonds is 6. The van der Waals surface area contributed by atoms with E-state index >= 15 is 0 Å². The van der Waals surface area contributed by atoms with Crippen LogP contribution in [0.3, 0.4) is 0 Å². The van der Waals surface area contributed by atoms with Crippen LogP contribution in [0.5, 0.6) is 5.75 Å². The van der Waals surface area contributed by atoms with E-state index in [1.807, 2.05) is 0 Å². The Hall–Kier alpha value is -2.24. The van der Waals surface area contributed by atoms with Gasteiger partial charge in [-0.25, -0.2) is 5.01 Å². The highest BCUT2D eigenvalue weighted by molar-refractivity contribution is 5.63. The molecule has 0 saturated carbocycles. The Kier molecular flexibility index (Phi) is 5.10. The molecular formula is C23H30N4O. The summed E-state index contributed by atoms with van der Waals surface area (Å²) >= 11 is 0. The SMILES string of the molecule is C1=CC2=CCN(CCCCN3CCN(c4cccc5c4OCC5)CC3)N2C=C1. The maximum Gasteiger partial charge on any atom is 0.145 e. The third kappa shape index (κ3) is 3.56. The van der Waals surface area contributed by atoms with Crippen molar-refractivity contribution in [3.8, 4) is 5.75 Å². The first-order valence-electron chi connectivity index (χ1n) is 10.7. The van der Waals surface area contributed by atoms with Gasteiger partial charge in [0, 0.05) is 51.9 Å². The molecule has 4 heterocycles. The molecule has 0 unspecified atom stereocenters. The molecule has 0 amide bonds. The monoisotopic (exact) mass is 378 g/mol. The van der Waals surface area contributed by atoms with Crippen LogP contribution in [0.1, 0.15) is 18.4 Å². The van der Waals surface area contributed by atoms with Crippen molar-refractivity contribution in [2.75, 3.05) is 57.3 Å². The summed E-state index contributed by atoms with van der Waals surface area (Å²) in [6.07, 6.45) is 14.5. The van der Waals surface area contributed by atoms with Crippen LogP contribution in [0.15, 0.2) is 54.4 Å². The minimum Gasteiger partial charge on any atom is -0.491 e. The van der Waals surface area contributed by atoms with Gasteiger partial charge in [-0.2, -0.15) is 0 Å². The lowest BCUT2D eigenvalue weighted by Gasteiger charge is -2.36. The molecule has 0 N–H and O–H groups in total. The van der Waals surface area contributed by atoms with E-state index in [4.69, 9.17) is 4.74 Å². The van der Waals surface area contributed by atoms with Gasteiger partial charge in [0.25, 0.3) is 0 Å². The normalized spacial score (nSPS) is 21.6. The van der Waals surface area contributed by atoms with E-state index < -0.39 is 0 Å². The van der Waals surface area contributed by atoms with Crippen molar-refractivity contribution in [2.24, 2.45) is 0 Å². The molecule has 0 spiro atoms. The van der Waals surface area contributed by atoms with Gasteiger partial charge < -0.3 is 9.64 Å². The topological polar surface area (TPSA) is 22.2 Å². The molecule has 1 aromatic carbocycles. The molecule has 0 atom stereocenters. The highest BCUT2D eigenvalue weighted by atomic mass is 16.5. The van der Waals surface area contributed by atoms with Crippen LogP contribution >= 0.6 is 0 Å². The number of benzene rings is 1. The maximum absolute atomic E-state index is 5.90. The van der Waals surface area contributed by atoms with Crippen LogP contribution in [0.4, 0.5) is 5.69 Å². The van der Waals surface area contributed by atoms with Crippen LogP contribution < -0.4 is 9.64 Å². The highest BCUT2D eigenvalue weighted by Gasteiger charge is 2.24. The Bertz CT molecular complexity index is 792. The molecule has 0 aromatic heterocycles. The maximum atomic E-state index is 5.90. The molecule has 5 nitrogen and oxygen atoms in total. The van der Waals surface area contributed by atoms with Crippen molar-refractivity contribution < 1.29 is 4.74 Å². The van der Waals surface area contributed by atoms with Crippen molar-refractivity contribution in [1.82, 2.24) is 14.9 Å². The van der Waals surface area contributed by atoms with Gasteiger partial charge in [-0.1, -0.05) is 18.2 Å². The van der Waals surface area contributed by atoms with Gasteiger partial charge in [0.05, 0.1) is 18.0 Å². The predicted octanol–water partition coefficient (Wildman–Crippen LogP) is 3.02. The number of ether oxygens (including phenoxy) is 1. The summed E-state index contributed by atoms with van der Waals surface area (Å²) in [5.74, 6) is 1.14. The summed E-state index contributed by atoms with van der Waals surface area (Å²) < 4.78 is 5.90. The average molecular weight is 379 g/mol. The van der Waals surface area contributed by atoms with E-state index in [0.29, 0.717) is 0 Å². The second kappa shape index (κ2) is 8.02. The van der Waals surface area contributed by atoms with Gasteiger partial charge in [-0.3, -0.25) is 9.91 Å². The molecule has 0 radical (unpaired) electrons. The second-order valence-corrected chi connectivity index (χ2v) is 7.99. The standard InChI is InChI=1S/C23H30N4O/c1-2-13-27-21(7-1)9-14-26(27)12-4-3-11-24-15-17-25(18-16-24)22-8-5-6-20-10-19-28-23(20)22/h1-2,5-9,13H,3-4,10-12,14-19H2. The number of para-hydroxylation sites is 1. The number of piperazine rings is 1. The van der Waals surface area contributed by atoms with Crippen LogP contribution in [-0.2, 0) is 6.42 Å². The number of hydrogen-bond acceptors (Lipinski definition) is 5. The predicted molar refractivity (Wildman–Crippen MR) is 113 cm³/mol. The first kappa shape index (κ1) is 17.8. The molecule has 0 bridgehead atoms. The lowest BCUT2D eigenvalue weighted by atomic mass is 10.1. The lowest BCUT2D eigenvalue weighted by molar-refractivity contribution is 0.0897. The van der Waals surface area contributed by atoms with Crippen molar-refractivity contribution in [3.63, 3.8) is 0 Å². The van der Waals surface area contributed by atoms with Gasteiger partial charge in [0.15, 0.2) is 0 Å². The zero-order chi connectivity index (χ0) is 18.8. The molecule has 1 saturated heterocycles. The highest BCUT2D eigenvalue weighted by Crippen LogP contribution is 2.36. The zero-order valence-corrected chi connectivity index (χ0v) is 16.6. The van der Waals surface area contributed by atoms with Gasteiger partial charge >= 0.3 is 0 Å². The minimum atomic E-state index is 0.837. The summed E-state index contributed by atoms with van der Waals surface area (Å²) in [5, 5.41) is 4.72. The number of hydrazine groups is 1. The minimum absolute atomic E-state index is 0.837. The van der Waals surface area contributed by atoms with E-state index in [0.717, 1.165) is 58.0 Å². The van der Waals surface area contributed by atoms with E-state index in [1.165, 1.54) is 36.3 Å². The fourth-order valence-electron chi connectivity index (χ4n) is 4.64. The third-order valence-corrected chi connectivity index (χ3v) is 6.23.